The third-order valence-electron chi connectivity index (χ3n) is 5.48. The Morgan fingerprint density at radius 3 is 2.40 bits per heavy atom. The number of aromatic nitrogens is 1. The van der Waals surface area contributed by atoms with Crippen molar-refractivity contribution in [3.63, 3.8) is 0 Å². The van der Waals surface area contributed by atoms with Gasteiger partial charge in [-0.05, 0) is 42.0 Å². The molecule has 156 valence electrons. The predicted octanol–water partition coefficient (Wildman–Crippen LogP) is 5.25. The Kier molecular flexibility index (Phi) is 5.62. The van der Waals surface area contributed by atoms with Crippen molar-refractivity contribution in [3.8, 4) is 11.3 Å². The number of hydrogen-bond acceptors (Lipinski definition) is 4. The first-order valence-electron chi connectivity index (χ1n) is 10.2. The average Bonchev–Trinajstić information content (AvgIpc) is 3.20. The van der Waals surface area contributed by atoms with Gasteiger partial charge in [0.15, 0.2) is 5.76 Å². The maximum Gasteiger partial charge on any atom is 0.243 e. The zero-order valence-electron chi connectivity index (χ0n) is 17.5. The number of nitrogens with zero attached hydrogens (tertiary/aromatic N) is 2. The summed E-state index contributed by atoms with van der Waals surface area (Å²) < 4.78 is 34.1. The van der Waals surface area contributed by atoms with Gasteiger partial charge in [0.1, 0.15) is 0 Å². The summed E-state index contributed by atoms with van der Waals surface area (Å²) in [6, 6.07) is 17.5. The Hall–Kier alpha value is -2.70. The summed E-state index contributed by atoms with van der Waals surface area (Å²) in [4.78, 5) is 0.348. The van der Waals surface area contributed by atoms with E-state index in [1.54, 1.807) is 10.4 Å². The molecule has 3 aromatic rings. The van der Waals surface area contributed by atoms with Crippen LogP contribution in [-0.2, 0) is 10.0 Å². The van der Waals surface area contributed by atoms with Crippen LogP contribution in [0.25, 0.3) is 16.9 Å². The highest BCUT2D eigenvalue weighted by molar-refractivity contribution is 7.89. The molecule has 1 aliphatic rings. The van der Waals surface area contributed by atoms with E-state index in [-0.39, 0.29) is 5.92 Å². The SMILES string of the molecule is Cc1cc(-c2ccc(C(C)C)c(S(=O)(=O)N3CC=C(c4ccccc4)CC3)c2)on1. The molecule has 1 aliphatic heterocycles. The molecule has 0 N–H and O–H groups in total. The molecule has 0 saturated heterocycles. The fourth-order valence-corrected chi connectivity index (χ4v) is 5.57. The van der Waals surface area contributed by atoms with Gasteiger partial charge >= 0.3 is 0 Å². The van der Waals surface area contributed by atoms with Crippen LogP contribution < -0.4 is 0 Å². The van der Waals surface area contributed by atoms with E-state index in [0.29, 0.717) is 30.2 Å². The Labute approximate surface area is 178 Å². The lowest BCUT2D eigenvalue weighted by Gasteiger charge is -2.27. The molecule has 0 bridgehead atoms. The molecule has 0 aliphatic carbocycles. The second-order valence-corrected chi connectivity index (χ2v) is 9.85. The summed E-state index contributed by atoms with van der Waals surface area (Å²) in [6.45, 7) is 6.70. The molecule has 2 heterocycles. The maximum absolute atomic E-state index is 13.6. The zero-order valence-corrected chi connectivity index (χ0v) is 18.3. The van der Waals surface area contributed by atoms with Crippen molar-refractivity contribution in [2.75, 3.05) is 13.1 Å². The maximum atomic E-state index is 13.6. The van der Waals surface area contributed by atoms with Crippen LogP contribution in [0.4, 0.5) is 0 Å². The number of aryl methyl sites for hydroxylation is 1. The second-order valence-electron chi connectivity index (χ2n) is 7.95. The molecule has 4 rings (SSSR count). The lowest BCUT2D eigenvalue weighted by Crippen LogP contribution is -2.35. The molecule has 0 saturated carbocycles. The number of benzene rings is 2. The van der Waals surface area contributed by atoms with Crippen LogP contribution in [0.1, 0.15) is 43.0 Å². The smallest absolute Gasteiger partial charge is 0.243 e. The summed E-state index contributed by atoms with van der Waals surface area (Å²) in [7, 11) is -3.64. The quantitative estimate of drug-likeness (QED) is 0.563. The predicted molar refractivity (Wildman–Crippen MR) is 119 cm³/mol. The molecule has 6 heteroatoms. The van der Waals surface area contributed by atoms with Gasteiger partial charge in [0.25, 0.3) is 0 Å². The lowest BCUT2D eigenvalue weighted by atomic mass is 10.0. The van der Waals surface area contributed by atoms with Crippen molar-refractivity contribution in [3.05, 3.63) is 77.5 Å². The van der Waals surface area contributed by atoms with Crippen LogP contribution in [-0.4, -0.2) is 31.0 Å². The Balaban J connectivity index is 1.69. The molecule has 0 atom stereocenters. The molecule has 30 heavy (non-hydrogen) atoms. The first-order valence-corrected chi connectivity index (χ1v) is 11.6. The number of rotatable bonds is 5. The molecular formula is C24H26N2O3S. The van der Waals surface area contributed by atoms with Gasteiger partial charge in [-0.1, -0.05) is 67.5 Å². The van der Waals surface area contributed by atoms with Gasteiger partial charge in [0.05, 0.1) is 10.6 Å². The molecule has 0 spiro atoms. The van der Waals surface area contributed by atoms with Gasteiger partial charge in [-0.3, -0.25) is 0 Å². The summed E-state index contributed by atoms with van der Waals surface area (Å²) in [5, 5.41) is 3.93. The van der Waals surface area contributed by atoms with Gasteiger partial charge in [-0.15, -0.1) is 0 Å². The van der Waals surface area contributed by atoms with Crippen molar-refractivity contribution in [1.82, 2.24) is 9.46 Å². The lowest BCUT2D eigenvalue weighted by molar-refractivity contribution is 0.427. The fourth-order valence-electron chi connectivity index (χ4n) is 3.81. The number of hydrogen-bond donors (Lipinski definition) is 0. The first kappa shape index (κ1) is 20.6. The molecule has 5 nitrogen and oxygen atoms in total. The van der Waals surface area contributed by atoms with Crippen molar-refractivity contribution in [2.45, 2.75) is 38.0 Å². The minimum absolute atomic E-state index is 0.0838. The topological polar surface area (TPSA) is 63.4 Å². The van der Waals surface area contributed by atoms with Crippen LogP contribution >= 0.6 is 0 Å². The third-order valence-corrected chi connectivity index (χ3v) is 7.40. The molecule has 0 fully saturated rings. The van der Waals surface area contributed by atoms with E-state index in [4.69, 9.17) is 4.52 Å². The van der Waals surface area contributed by atoms with Crippen molar-refractivity contribution < 1.29 is 12.9 Å². The Morgan fingerprint density at radius 2 is 1.80 bits per heavy atom. The minimum Gasteiger partial charge on any atom is -0.356 e. The van der Waals surface area contributed by atoms with Gasteiger partial charge in [0.2, 0.25) is 10.0 Å². The second kappa shape index (κ2) is 8.20. The standard InChI is InChI=1S/C24H26N2O3S/c1-17(2)22-10-9-21(23-15-18(3)25-29-23)16-24(22)30(27,28)26-13-11-20(12-14-26)19-7-5-4-6-8-19/h4-11,15-17H,12-14H2,1-3H3. The van der Waals surface area contributed by atoms with Crippen LogP contribution in [0.15, 0.2) is 70.1 Å². The summed E-state index contributed by atoms with van der Waals surface area (Å²) in [5.41, 5.74) is 4.64. The van der Waals surface area contributed by atoms with Crippen LogP contribution in [0, 0.1) is 6.92 Å². The van der Waals surface area contributed by atoms with Crippen molar-refractivity contribution in [1.29, 1.82) is 0 Å². The Bertz CT molecular complexity index is 1180. The van der Waals surface area contributed by atoms with E-state index in [1.807, 2.05) is 63.2 Å². The van der Waals surface area contributed by atoms with Gasteiger partial charge < -0.3 is 4.52 Å². The minimum atomic E-state index is -3.64. The highest BCUT2D eigenvalue weighted by Gasteiger charge is 2.30. The first-order chi connectivity index (χ1) is 14.4. The van der Waals surface area contributed by atoms with E-state index >= 15 is 0 Å². The van der Waals surface area contributed by atoms with Crippen LogP contribution in [0.5, 0.6) is 0 Å². The average molecular weight is 423 g/mol. The van der Waals surface area contributed by atoms with Crippen LogP contribution in [0.2, 0.25) is 0 Å². The molecule has 2 aromatic carbocycles. The molecule has 0 amide bonds. The summed E-state index contributed by atoms with van der Waals surface area (Å²) >= 11 is 0. The molecule has 0 unspecified atom stereocenters. The molecule has 1 aromatic heterocycles. The third kappa shape index (κ3) is 3.98. The van der Waals surface area contributed by atoms with Gasteiger partial charge in [0, 0.05) is 24.7 Å². The molecule has 0 radical (unpaired) electrons. The molecular weight excluding hydrogens is 396 g/mol. The van der Waals surface area contributed by atoms with Crippen LogP contribution in [0.3, 0.4) is 0 Å². The number of sulfonamides is 1. The van der Waals surface area contributed by atoms with E-state index in [9.17, 15) is 8.42 Å². The highest BCUT2D eigenvalue weighted by atomic mass is 32.2. The summed E-state index contributed by atoms with van der Waals surface area (Å²) in [5.74, 6) is 0.657. The highest BCUT2D eigenvalue weighted by Crippen LogP contribution is 2.33. The Morgan fingerprint density at radius 1 is 1.03 bits per heavy atom. The van der Waals surface area contributed by atoms with E-state index in [2.05, 4.69) is 17.3 Å². The largest absolute Gasteiger partial charge is 0.356 e. The fraction of sp³-hybridized carbons (Fsp3) is 0.292. The van der Waals surface area contributed by atoms with E-state index in [0.717, 1.165) is 22.4 Å². The van der Waals surface area contributed by atoms with Crippen molar-refractivity contribution >= 4 is 15.6 Å². The van der Waals surface area contributed by atoms with Crippen molar-refractivity contribution in [2.24, 2.45) is 0 Å². The van der Waals surface area contributed by atoms with E-state index < -0.39 is 10.0 Å². The normalized spacial score (nSPS) is 15.4. The zero-order chi connectivity index (χ0) is 21.3. The van der Waals surface area contributed by atoms with Gasteiger partial charge in [-0.2, -0.15) is 4.31 Å². The summed E-state index contributed by atoms with van der Waals surface area (Å²) in [6.07, 6.45) is 2.72. The monoisotopic (exact) mass is 422 g/mol. The van der Waals surface area contributed by atoms with Gasteiger partial charge in [-0.25, -0.2) is 8.42 Å². The van der Waals surface area contributed by atoms with E-state index in [1.165, 1.54) is 5.57 Å².